The van der Waals surface area contributed by atoms with Gasteiger partial charge in [-0.3, -0.25) is 0 Å². The molecule has 0 aromatic heterocycles. The molecule has 2 fully saturated rings. The molecule has 1 aliphatic heterocycles. The average Bonchev–Trinajstić information content (AvgIpc) is 3.20. The highest BCUT2D eigenvalue weighted by atomic mass is 16.6. The number of hydrogen-bond donors (Lipinski definition) is 0. The van der Waals surface area contributed by atoms with E-state index in [1.165, 1.54) is 44.9 Å². The zero-order valence-corrected chi connectivity index (χ0v) is 11.5. The zero-order valence-electron chi connectivity index (χ0n) is 11.5. The molecule has 104 valence electrons. The van der Waals surface area contributed by atoms with Crippen LogP contribution in [-0.4, -0.2) is 24.8 Å². The lowest BCUT2D eigenvalue weighted by Gasteiger charge is -2.19. The van der Waals surface area contributed by atoms with Crippen LogP contribution in [0.3, 0.4) is 0 Å². The molecule has 0 N–H and O–H groups in total. The molecule has 1 saturated carbocycles. The fourth-order valence-electron chi connectivity index (χ4n) is 2.92. The average molecular weight is 254 g/mol. The fourth-order valence-corrected chi connectivity index (χ4v) is 2.92. The molecule has 2 rings (SSSR count). The van der Waals surface area contributed by atoms with Crippen LogP contribution in [0.2, 0.25) is 0 Å². The van der Waals surface area contributed by atoms with E-state index in [0.717, 1.165) is 12.8 Å². The third kappa shape index (κ3) is 3.98. The predicted octanol–water partition coefficient (Wildman–Crippen LogP) is 3.46. The van der Waals surface area contributed by atoms with E-state index in [2.05, 4.69) is 6.92 Å². The van der Waals surface area contributed by atoms with Gasteiger partial charge >= 0.3 is 5.97 Å². The molecule has 0 radical (unpaired) electrons. The topological polar surface area (TPSA) is 38.8 Å². The SMILES string of the molecule is CCCCCCOC(=O)C1OC1C1CCCCC1. The van der Waals surface area contributed by atoms with Crippen LogP contribution in [0.25, 0.3) is 0 Å². The largest absolute Gasteiger partial charge is 0.464 e. The van der Waals surface area contributed by atoms with Gasteiger partial charge in [0, 0.05) is 0 Å². The minimum Gasteiger partial charge on any atom is -0.464 e. The van der Waals surface area contributed by atoms with Crippen LogP contribution in [0, 0.1) is 5.92 Å². The van der Waals surface area contributed by atoms with Gasteiger partial charge in [-0.05, 0) is 25.2 Å². The molecular formula is C15H26O3. The molecule has 1 aliphatic carbocycles. The number of carbonyl (C=O) groups excluding carboxylic acids is 1. The second-order valence-electron chi connectivity index (χ2n) is 5.65. The van der Waals surface area contributed by atoms with Crippen molar-refractivity contribution in [3.63, 3.8) is 0 Å². The van der Waals surface area contributed by atoms with Crippen molar-refractivity contribution in [2.75, 3.05) is 6.61 Å². The summed E-state index contributed by atoms with van der Waals surface area (Å²) in [6, 6.07) is 0. The smallest absolute Gasteiger partial charge is 0.338 e. The molecule has 3 heteroatoms. The van der Waals surface area contributed by atoms with E-state index in [4.69, 9.17) is 9.47 Å². The summed E-state index contributed by atoms with van der Waals surface area (Å²) in [4.78, 5) is 11.7. The van der Waals surface area contributed by atoms with Gasteiger partial charge in [0.2, 0.25) is 0 Å². The molecule has 2 unspecified atom stereocenters. The Labute approximate surface area is 110 Å². The molecule has 0 spiro atoms. The number of rotatable bonds is 7. The van der Waals surface area contributed by atoms with E-state index < -0.39 is 0 Å². The Hall–Kier alpha value is -0.570. The first kappa shape index (κ1) is 13.9. The number of esters is 1. The van der Waals surface area contributed by atoms with Crippen LogP contribution in [-0.2, 0) is 14.3 Å². The van der Waals surface area contributed by atoms with Gasteiger partial charge in [0.15, 0.2) is 6.10 Å². The van der Waals surface area contributed by atoms with Crippen LogP contribution < -0.4 is 0 Å². The van der Waals surface area contributed by atoms with Gasteiger partial charge in [-0.2, -0.15) is 0 Å². The lowest BCUT2D eigenvalue weighted by molar-refractivity contribution is -0.145. The first-order chi connectivity index (χ1) is 8.83. The van der Waals surface area contributed by atoms with Crippen LogP contribution in [0.1, 0.15) is 64.7 Å². The monoisotopic (exact) mass is 254 g/mol. The number of unbranched alkanes of at least 4 members (excludes halogenated alkanes) is 3. The maximum absolute atomic E-state index is 11.7. The van der Waals surface area contributed by atoms with E-state index >= 15 is 0 Å². The number of epoxide rings is 1. The van der Waals surface area contributed by atoms with Gasteiger partial charge in [0.1, 0.15) is 0 Å². The summed E-state index contributed by atoms with van der Waals surface area (Å²) in [7, 11) is 0. The maximum atomic E-state index is 11.7. The van der Waals surface area contributed by atoms with E-state index in [-0.39, 0.29) is 18.2 Å². The Morgan fingerprint density at radius 3 is 2.67 bits per heavy atom. The van der Waals surface area contributed by atoms with Crippen molar-refractivity contribution in [1.29, 1.82) is 0 Å². The molecule has 0 aromatic rings. The van der Waals surface area contributed by atoms with Crippen LogP contribution in [0.15, 0.2) is 0 Å². The number of carbonyl (C=O) groups is 1. The summed E-state index contributed by atoms with van der Waals surface area (Å²) in [6.45, 7) is 2.74. The highest BCUT2D eigenvalue weighted by Gasteiger charge is 2.50. The summed E-state index contributed by atoms with van der Waals surface area (Å²) in [5.41, 5.74) is 0. The van der Waals surface area contributed by atoms with Gasteiger partial charge in [-0.15, -0.1) is 0 Å². The summed E-state index contributed by atoms with van der Waals surface area (Å²) >= 11 is 0. The third-order valence-electron chi connectivity index (χ3n) is 4.11. The van der Waals surface area contributed by atoms with E-state index in [1.807, 2.05) is 0 Å². The van der Waals surface area contributed by atoms with Crippen molar-refractivity contribution in [1.82, 2.24) is 0 Å². The Bertz CT molecular complexity index is 258. The van der Waals surface area contributed by atoms with Crippen molar-refractivity contribution < 1.29 is 14.3 Å². The second-order valence-corrected chi connectivity index (χ2v) is 5.65. The Kier molecular flexibility index (Phi) is 5.48. The first-order valence-corrected chi connectivity index (χ1v) is 7.65. The van der Waals surface area contributed by atoms with Gasteiger partial charge in [-0.25, -0.2) is 4.79 Å². The molecule has 18 heavy (non-hydrogen) atoms. The minimum absolute atomic E-state index is 0.123. The van der Waals surface area contributed by atoms with Crippen LogP contribution in [0.4, 0.5) is 0 Å². The maximum Gasteiger partial charge on any atom is 0.338 e. The predicted molar refractivity (Wildman–Crippen MR) is 70.3 cm³/mol. The van der Waals surface area contributed by atoms with Gasteiger partial charge < -0.3 is 9.47 Å². The molecule has 2 aliphatic rings. The lowest BCUT2D eigenvalue weighted by atomic mass is 9.86. The van der Waals surface area contributed by atoms with Gasteiger partial charge in [-0.1, -0.05) is 45.4 Å². The van der Waals surface area contributed by atoms with E-state index in [9.17, 15) is 4.79 Å². The van der Waals surface area contributed by atoms with E-state index in [1.54, 1.807) is 0 Å². The Balaban J connectivity index is 1.57. The molecule has 1 heterocycles. The lowest BCUT2D eigenvalue weighted by Crippen LogP contribution is -2.20. The van der Waals surface area contributed by atoms with Crippen LogP contribution >= 0.6 is 0 Å². The minimum atomic E-state index is -0.237. The molecule has 1 saturated heterocycles. The standard InChI is InChI=1S/C15H26O3/c1-2-3-4-8-11-17-15(16)14-13(18-14)12-9-6-5-7-10-12/h12-14H,2-11H2,1H3. The summed E-state index contributed by atoms with van der Waals surface area (Å²) in [6.07, 6.45) is 10.9. The second kappa shape index (κ2) is 7.13. The molecule has 3 nitrogen and oxygen atoms in total. The van der Waals surface area contributed by atoms with Crippen molar-refractivity contribution in [3.8, 4) is 0 Å². The summed E-state index contributed by atoms with van der Waals surface area (Å²) in [5.74, 6) is 0.485. The van der Waals surface area contributed by atoms with Crippen molar-refractivity contribution in [3.05, 3.63) is 0 Å². The highest BCUT2D eigenvalue weighted by molar-refractivity contribution is 5.78. The van der Waals surface area contributed by atoms with Crippen LogP contribution in [0.5, 0.6) is 0 Å². The van der Waals surface area contributed by atoms with Crippen molar-refractivity contribution >= 4 is 5.97 Å². The Morgan fingerprint density at radius 1 is 1.17 bits per heavy atom. The Morgan fingerprint density at radius 2 is 1.94 bits per heavy atom. The normalized spacial score (nSPS) is 28.1. The number of ether oxygens (including phenoxy) is 2. The third-order valence-corrected chi connectivity index (χ3v) is 4.11. The fraction of sp³-hybridized carbons (Fsp3) is 0.933. The molecule has 0 bridgehead atoms. The molecule has 0 aromatic carbocycles. The first-order valence-electron chi connectivity index (χ1n) is 7.65. The summed E-state index contributed by atoms with van der Waals surface area (Å²) < 4.78 is 10.8. The summed E-state index contributed by atoms with van der Waals surface area (Å²) in [5, 5.41) is 0. The molecule has 2 atom stereocenters. The van der Waals surface area contributed by atoms with Crippen molar-refractivity contribution in [2.24, 2.45) is 5.92 Å². The van der Waals surface area contributed by atoms with E-state index in [0.29, 0.717) is 12.5 Å². The molecular weight excluding hydrogens is 228 g/mol. The zero-order chi connectivity index (χ0) is 12.8. The quantitative estimate of drug-likeness (QED) is 0.397. The highest BCUT2D eigenvalue weighted by Crippen LogP contribution is 2.38. The van der Waals surface area contributed by atoms with Gasteiger partial charge in [0.25, 0.3) is 0 Å². The van der Waals surface area contributed by atoms with Crippen molar-refractivity contribution in [2.45, 2.75) is 76.9 Å². The van der Waals surface area contributed by atoms with Gasteiger partial charge in [0.05, 0.1) is 12.7 Å². The molecule has 0 amide bonds. The number of hydrogen-bond acceptors (Lipinski definition) is 3.